The average molecular weight is 508 g/mol. The number of fused-ring (bicyclic) bond motifs is 1. The van der Waals surface area contributed by atoms with Crippen LogP contribution >= 0.6 is 11.6 Å². The highest BCUT2D eigenvalue weighted by atomic mass is 35.5. The molecule has 2 aliphatic heterocycles. The van der Waals surface area contributed by atoms with Gasteiger partial charge in [-0.2, -0.15) is 23.5 Å². The number of hydrogen-bond acceptors (Lipinski definition) is 5. The van der Waals surface area contributed by atoms with E-state index in [0.29, 0.717) is 43.0 Å². The van der Waals surface area contributed by atoms with Gasteiger partial charge in [-0.3, -0.25) is 5.10 Å². The molecule has 1 saturated heterocycles. The van der Waals surface area contributed by atoms with Crippen LogP contribution in [-0.4, -0.2) is 39.9 Å². The van der Waals surface area contributed by atoms with Gasteiger partial charge in [-0.25, -0.2) is 4.79 Å². The summed E-state index contributed by atoms with van der Waals surface area (Å²) in [4.78, 5) is 14.1. The maximum Gasteiger partial charge on any atom is 0.417 e. The Bertz CT molecular complexity index is 1200. The van der Waals surface area contributed by atoms with Gasteiger partial charge < -0.3 is 15.0 Å². The van der Waals surface area contributed by atoms with Crippen molar-refractivity contribution >= 4 is 23.5 Å². The van der Waals surface area contributed by atoms with Gasteiger partial charge in [0.1, 0.15) is 11.4 Å². The van der Waals surface area contributed by atoms with Crippen molar-refractivity contribution in [2.75, 3.05) is 18.4 Å². The Morgan fingerprint density at radius 3 is 2.51 bits per heavy atom. The number of aromatic amines is 1. The molecule has 1 atom stereocenters. The molecule has 1 amide bonds. The van der Waals surface area contributed by atoms with Gasteiger partial charge in [0.15, 0.2) is 0 Å². The van der Waals surface area contributed by atoms with Gasteiger partial charge in [-0.1, -0.05) is 23.7 Å². The number of carbonyl (C=O) groups is 1. The number of likely N-dealkylation sites (tertiary alicyclic amines) is 1. The third-order valence-electron chi connectivity index (χ3n) is 6.14. The number of alkyl halides is 3. The number of nitrogens with zero attached hydrogens (tertiary/aromatic N) is 3. The number of aromatic nitrogens is 2. The first-order valence-electron chi connectivity index (χ1n) is 11.2. The fourth-order valence-electron chi connectivity index (χ4n) is 4.57. The molecule has 186 valence electrons. The predicted octanol–water partition coefficient (Wildman–Crippen LogP) is 6.06. The first-order chi connectivity index (χ1) is 16.4. The lowest BCUT2D eigenvalue weighted by Gasteiger charge is -2.37. The largest absolute Gasteiger partial charge is 0.444 e. The summed E-state index contributed by atoms with van der Waals surface area (Å²) in [5.41, 5.74) is 0.0554. The van der Waals surface area contributed by atoms with Crippen molar-refractivity contribution in [2.45, 2.75) is 51.3 Å². The van der Waals surface area contributed by atoms with Crippen LogP contribution < -0.4 is 5.32 Å². The third-order valence-corrected chi connectivity index (χ3v) is 6.56. The summed E-state index contributed by atoms with van der Waals surface area (Å²) < 4.78 is 46.1. The minimum atomic E-state index is -4.63. The topological polar surface area (TPSA) is 94.0 Å². The van der Waals surface area contributed by atoms with Crippen molar-refractivity contribution in [3.8, 4) is 6.07 Å². The SMILES string of the molecule is CC(C)(C)OC(=O)N1CCC(C2=C(C#N)C(c3cccc(C(F)(F)F)c3Cl)c3cn[nH]c3N2)CC1. The van der Waals surface area contributed by atoms with Crippen LogP contribution in [0.25, 0.3) is 0 Å². The minimum Gasteiger partial charge on any atom is -0.444 e. The lowest BCUT2D eigenvalue weighted by Crippen LogP contribution is -2.42. The zero-order chi connectivity index (χ0) is 25.5. The Morgan fingerprint density at radius 1 is 1.23 bits per heavy atom. The van der Waals surface area contributed by atoms with Gasteiger partial charge >= 0.3 is 12.3 Å². The van der Waals surface area contributed by atoms with Crippen molar-refractivity contribution in [2.24, 2.45) is 5.92 Å². The zero-order valence-corrected chi connectivity index (χ0v) is 20.2. The van der Waals surface area contributed by atoms with E-state index >= 15 is 0 Å². The van der Waals surface area contributed by atoms with Gasteiger partial charge in [-0.15, -0.1) is 0 Å². The molecule has 35 heavy (non-hydrogen) atoms. The number of piperidine rings is 1. The first kappa shape index (κ1) is 24.9. The standard InChI is InChI=1S/C24H25ClF3N5O2/c1-23(2,3)35-22(34)33-9-7-13(8-10-33)20-15(11-29)18(16-12-30-32-21(16)31-20)14-5-4-6-17(19(14)25)24(26,27)28/h4-6,12-13,18H,7-10H2,1-3H3,(H2,30,31,32). The summed E-state index contributed by atoms with van der Waals surface area (Å²) in [7, 11) is 0. The monoisotopic (exact) mass is 507 g/mol. The highest BCUT2D eigenvalue weighted by molar-refractivity contribution is 6.32. The molecule has 3 heterocycles. The molecule has 1 aromatic carbocycles. The van der Waals surface area contributed by atoms with Crippen molar-refractivity contribution in [1.29, 1.82) is 5.26 Å². The molecule has 1 unspecified atom stereocenters. The third kappa shape index (κ3) is 4.96. The summed E-state index contributed by atoms with van der Waals surface area (Å²) >= 11 is 6.26. The maximum atomic E-state index is 13.5. The number of carbonyl (C=O) groups excluding carboxylic acids is 1. The van der Waals surface area contributed by atoms with Crippen LogP contribution in [0.15, 0.2) is 35.7 Å². The Morgan fingerprint density at radius 2 is 1.91 bits per heavy atom. The summed E-state index contributed by atoms with van der Waals surface area (Å²) in [6.45, 7) is 6.25. The van der Waals surface area contributed by atoms with E-state index in [9.17, 15) is 23.2 Å². The molecule has 4 rings (SSSR count). The molecule has 11 heteroatoms. The van der Waals surface area contributed by atoms with Crippen LogP contribution in [0.3, 0.4) is 0 Å². The second-order valence-corrected chi connectivity index (χ2v) is 10.0. The van der Waals surface area contributed by atoms with E-state index in [2.05, 4.69) is 21.6 Å². The van der Waals surface area contributed by atoms with E-state index in [1.54, 1.807) is 25.7 Å². The number of ether oxygens (including phenoxy) is 1. The van der Waals surface area contributed by atoms with E-state index in [4.69, 9.17) is 16.3 Å². The number of nitrogens with one attached hydrogen (secondary N) is 2. The van der Waals surface area contributed by atoms with Gasteiger partial charge in [0, 0.05) is 30.3 Å². The molecule has 0 aliphatic carbocycles. The molecule has 1 aromatic heterocycles. The molecule has 2 N–H and O–H groups in total. The predicted molar refractivity (Wildman–Crippen MR) is 124 cm³/mol. The van der Waals surface area contributed by atoms with Crippen molar-refractivity contribution in [3.05, 3.63) is 57.4 Å². The average Bonchev–Trinajstić information content (AvgIpc) is 3.24. The summed E-state index contributed by atoms with van der Waals surface area (Å²) in [6.07, 6.45) is -2.43. The van der Waals surface area contributed by atoms with Crippen LogP contribution in [0.1, 0.15) is 56.2 Å². The van der Waals surface area contributed by atoms with E-state index < -0.39 is 34.4 Å². The molecule has 0 spiro atoms. The fourth-order valence-corrected chi connectivity index (χ4v) is 4.91. The van der Waals surface area contributed by atoms with Gasteiger partial charge in [-0.05, 0) is 45.2 Å². The highest BCUT2D eigenvalue weighted by Gasteiger charge is 2.40. The van der Waals surface area contributed by atoms with Crippen LogP contribution in [0.5, 0.6) is 0 Å². The van der Waals surface area contributed by atoms with Crippen LogP contribution in [0, 0.1) is 17.2 Å². The van der Waals surface area contributed by atoms with E-state index in [-0.39, 0.29) is 17.1 Å². The summed E-state index contributed by atoms with van der Waals surface area (Å²) in [5.74, 6) is -0.428. The molecule has 7 nitrogen and oxygen atoms in total. The lowest BCUT2D eigenvalue weighted by molar-refractivity contribution is -0.137. The summed E-state index contributed by atoms with van der Waals surface area (Å²) in [6, 6.07) is 5.93. The molecule has 2 aromatic rings. The van der Waals surface area contributed by atoms with Gasteiger partial charge in [0.05, 0.1) is 34.3 Å². The fraction of sp³-hybridized carbons (Fsp3) is 0.458. The minimum absolute atomic E-state index is 0.119. The van der Waals surface area contributed by atoms with E-state index in [0.717, 1.165) is 6.07 Å². The Labute approximate surface area is 205 Å². The number of amides is 1. The number of anilines is 1. The smallest absolute Gasteiger partial charge is 0.417 e. The molecule has 0 bridgehead atoms. The molecule has 1 fully saturated rings. The van der Waals surface area contributed by atoms with Crippen molar-refractivity contribution in [3.63, 3.8) is 0 Å². The number of rotatable bonds is 2. The number of nitriles is 1. The quantitative estimate of drug-likeness (QED) is 0.515. The Hall–Kier alpha value is -3.19. The van der Waals surface area contributed by atoms with Crippen LogP contribution in [0.2, 0.25) is 5.02 Å². The Balaban J connectivity index is 1.68. The second kappa shape index (κ2) is 9.11. The molecular formula is C24H25ClF3N5O2. The van der Waals surface area contributed by atoms with Crippen molar-refractivity contribution < 1.29 is 22.7 Å². The van der Waals surface area contributed by atoms with Crippen LogP contribution in [0.4, 0.5) is 23.8 Å². The number of benzene rings is 1. The van der Waals surface area contributed by atoms with E-state index in [1.165, 1.54) is 18.3 Å². The number of halogens is 4. The molecular weight excluding hydrogens is 483 g/mol. The Kier molecular flexibility index (Phi) is 6.49. The van der Waals surface area contributed by atoms with E-state index in [1.807, 2.05) is 0 Å². The number of H-pyrrole nitrogens is 1. The number of allylic oxidation sites excluding steroid dienone is 2. The highest BCUT2D eigenvalue weighted by Crippen LogP contribution is 2.47. The second-order valence-electron chi connectivity index (χ2n) is 9.65. The zero-order valence-electron chi connectivity index (χ0n) is 19.5. The first-order valence-corrected chi connectivity index (χ1v) is 11.6. The van der Waals surface area contributed by atoms with Crippen LogP contribution in [-0.2, 0) is 10.9 Å². The van der Waals surface area contributed by atoms with Gasteiger partial charge in [0.2, 0.25) is 0 Å². The normalized spacial score (nSPS) is 19.1. The maximum absolute atomic E-state index is 13.5. The molecule has 2 aliphatic rings. The lowest BCUT2D eigenvalue weighted by atomic mass is 9.78. The molecule has 0 radical (unpaired) electrons. The molecule has 0 saturated carbocycles. The number of hydrogen-bond donors (Lipinski definition) is 2. The van der Waals surface area contributed by atoms with Crippen molar-refractivity contribution in [1.82, 2.24) is 15.1 Å². The summed E-state index contributed by atoms with van der Waals surface area (Å²) in [5, 5.41) is 19.8. The van der Waals surface area contributed by atoms with Gasteiger partial charge in [0.25, 0.3) is 0 Å².